The molecule has 0 heterocycles. The molecular weight excluding hydrogens is 278 g/mol. The van der Waals surface area contributed by atoms with E-state index >= 15 is 0 Å². The topological polar surface area (TPSA) is 12.0 Å². The highest BCUT2D eigenvalue weighted by atomic mass is 14.9. The summed E-state index contributed by atoms with van der Waals surface area (Å²) in [5.74, 6) is 0. The summed E-state index contributed by atoms with van der Waals surface area (Å²) >= 11 is 0. The summed E-state index contributed by atoms with van der Waals surface area (Å²) < 4.78 is 0. The van der Waals surface area contributed by atoms with E-state index in [0.717, 1.165) is 6.54 Å². The van der Waals surface area contributed by atoms with E-state index in [1.165, 1.54) is 53.3 Å². The monoisotopic (exact) mass is 303 g/mol. The molecular formula is C22H25N. The molecule has 0 aromatic heterocycles. The molecule has 0 fully saturated rings. The lowest BCUT2D eigenvalue weighted by atomic mass is 9.96. The van der Waals surface area contributed by atoms with Gasteiger partial charge in [-0.2, -0.15) is 0 Å². The van der Waals surface area contributed by atoms with Crippen LogP contribution in [0.25, 0.3) is 21.9 Å². The Labute approximate surface area is 139 Å². The molecule has 0 saturated heterocycles. The van der Waals surface area contributed by atoms with Gasteiger partial charge in [-0.1, -0.05) is 86.8 Å². The van der Waals surface area contributed by atoms with Crippen molar-refractivity contribution in [2.24, 2.45) is 0 Å². The second-order valence-corrected chi connectivity index (χ2v) is 6.06. The average molecular weight is 303 g/mol. The van der Waals surface area contributed by atoms with E-state index in [4.69, 9.17) is 0 Å². The summed E-state index contributed by atoms with van der Waals surface area (Å²) in [7, 11) is 0. The predicted molar refractivity (Wildman–Crippen MR) is 102 cm³/mol. The zero-order valence-electron chi connectivity index (χ0n) is 13.9. The Balaban J connectivity index is 1.94. The molecule has 0 amide bonds. The molecule has 0 atom stereocenters. The van der Waals surface area contributed by atoms with E-state index in [1.807, 2.05) is 0 Å². The molecule has 0 spiro atoms. The van der Waals surface area contributed by atoms with Crippen molar-refractivity contribution in [3.63, 3.8) is 0 Å². The quantitative estimate of drug-likeness (QED) is 0.491. The molecule has 118 valence electrons. The van der Waals surface area contributed by atoms with Gasteiger partial charge in [0.1, 0.15) is 0 Å². The van der Waals surface area contributed by atoms with Gasteiger partial charge in [0.2, 0.25) is 0 Å². The minimum Gasteiger partial charge on any atom is -0.385 e. The van der Waals surface area contributed by atoms with Crippen LogP contribution in [-0.4, -0.2) is 6.54 Å². The maximum Gasteiger partial charge on any atom is 0.0426 e. The predicted octanol–water partition coefficient (Wildman–Crippen LogP) is 6.50. The van der Waals surface area contributed by atoms with E-state index in [0.29, 0.717) is 0 Å². The maximum absolute atomic E-state index is 3.66. The van der Waals surface area contributed by atoms with Gasteiger partial charge in [0.25, 0.3) is 0 Å². The summed E-state index contributed by atoms with van der Waals surface area (Å²) in [6, 6.07) is 23.8. The van der Waals surface area contributed by atoms with Gasteiger partial charge in [-0.3, -0.25) is 0 Å². The van der Waals surface area contributed by atoms with Crippen LogP contribution in [0.3, 0.4) is 0 Å². The number of benzene rings is 3. The van der Waals surface area contributed by atoms with Gasteiger partial charge in [0.05, 0.1) is 0 Å². The highest BCUT2D eigenvalue weighted by Gasteiger charge is 2.09. The molecule has 1 heteroatoms. The van der Waals surface area contributed by atoms with Gasteiger partial charge in [0, 0.05) is 17.8 Å². The van der Waals surface area contributed by atoms with E-state index in [9.17, 15) is 0 Å². The molecule has 0 aliphatic carbocycles. The second-order valence-electron chi connectivity index (χ2n) is 6.06. The highest BCUT2D eigenvalue weighted by molar-refractivity contribution is 6.02. The Morgan fingerprint density at radius 3 is 2.35 bits per heavy atom. The number of hydrogen-bond donors (Lipinski definition) is 1. The van der Waals surface area contributed by atoms with Crippen LogP contribution in [0, 0.1) is 0 Å². The molecule has 3 aromatic carbocycles. The SMILES string of the molecule is CCCCCCNc1ccc2ccccc2c1-c1ccccc1. The van der Waals surface area contributed by atoms with Gasteiger partial charge in [-0.15, -0.1) is 0 Å². The first-order valence-corrected chi connectivity index (χ1v) is 8.71. The smallest absolute Gasteiger partial charge is 0.0426 e. The van der Waals surface area contributed by atoms with Crippen molar-refractivity contribution in [1.82, 2.24) is 0 Å². The number of hydrogen-bond acceptors (Lipinski definition) is 1. The van der Waals surface area contributed by atoms with Crippen LogP contribution < -0.4 is 5.32 Å². The molecule has 1 N–H and O–H groups in total. The standard InChI is InChI=1S/C22H25N/c1-2-3-4-10-17-23-21-16-15-18-11-8-9-14-20(18)22(21)19-12-6-5-7-13-19/h5-9,11-16,23H,2-4,10,17H2,1H3. The zero-order chi connectivity index (χ0) is 15.9. The Hall–Kier alpha value is -2.28. The van der Waals surface area contributed by atoms with Crippen LogP contribution in [0.1, 0.15) is 32.6 Å². The van der Waals surface area contributed by atoms with E-state index < -0.39 is 0 Å². The molecule has 0 saturated carbocycles. The van der Waals surface area contributed by atoms with E-state index in [2.05, 4.69) is 79.0 Å². The van der Waals surface area contributed by atoms with Crippen LogP contribution in [0.2, 0.25) is 0 Å². The van der Waals surface area contributed by atoms with Crippen molar-refractivity contribution in [1.29, 1.82) is 0 Å². The second kappa shape index (κ2) is 7.82. The molecule has 0 aliphatic heterocycles. The Bertz CT molecular complexity index is 746. The molecule has 3 rings (SSSR count). The van der Waals surface area contributed by atoms with Crippen LogP contribution in [0.4, 0.5) is 5.69 Å². The normalized spacial score (nSPS) is 10.8. The molecule has 0 radical (unpaired) electrons. The number of fused-ring (bicyclic) bond motifs is 1. The first-order chi connectivity index (χ1) is 11.4. The summed E-state index contributed by atoms with van der Waals surface area (Å²) in [4.78, 5) is 0. The Morgan fingerprint density at radius 1 is 0.739 bits per heavy atom. The van der Waals surface area contributed by atoms with Gasteiger partial charge in [0.15, 0.2) is 0 Å². The van der Waals surface area contributed by atoms with E-state index in [-0.39, 0.29) is 0 Å². The van der Waals surface area contributed by atoms with Crippen LogP contribution in [-0.2, 0) is 0 Å². The van der Waals surface area contributed by atoms with Gasteiger partial charge < -0.3 is 5.32 Å². The number of nitrogens with one attached hydrogen (secondary N) is 1. The van der Waals surface area contributed by atoms with Crippen molar-refractivity contribution in [3.8, 4) is 11.1 Å². The average Bonchev–Trinajstić information content (AvgIpc) is 2.62. The summed E-state index contributed by atoms with van der Waals surface area (Å²) in [5.41, 5.74) is 3.84. The summed E-state index contributed by atoms with van der Waals surface area (Å²) in [5, 5.41) is 6.27. The van der Waals surface area contributed by atoms with E-state index in [1.54, 1.807) is 0 Å². The van der Waals surface area contributed by atoms with Gasteiger partial charge in [-0.05, 0) is 28.8 Å². The third-order valence-corrected chi connectivity index (χ3v) is 4.34. The highest BCUT2D eigenvalue weighted by Crippen LogP contribution is 2.35. The van der Waals surface area contributed by atoms with Gasteiger partial charge in [-0.25, -0.2) is 0 Å². The fraction of sp³-hybridized carbons (Fsp3) is 0.273. The Kier molecular flexibility index (Phi) is 5.31. The fourth-order valence-electron chi connectivity index (χ4n) is 3.11. The fourth-order valence-corrected chi connectivity index (χ4v) is 3.11. The maximum atomic E-state index is 3.66. The van der Waals surface area contributed by atoms with Crippen LogP contribution in [0.5, 0.6) is 0 Å². The van der Waals surface area contributed by atoms with Crippen molar-refractivity contribution in [2.75, 3.05) is 11.9 Å². The van der Waals surface area contributed by atoms with Crippen LogP contribution in [0.15, 0.2) is 66.7 Å². The van der Waals surface area contributed by atoms with Crippen molar-refractivity contribution in [3.05, 3.63) is 66.7 Å². The number of anilines is 1. The third kappa shape index (κ3) is 3.73. The first kappa shape index (κ1) is 15.6. The lowest BCUT2D eigenvalue weighted by Crippen LogP contribution is -2.03. The van der Waals surface area contributed by atoms with Crippen molar-refractivity contribution >= 4 is 16.5 Å². The number of rotatable bonds is 7. The lowest BCUT2D eigenvalue weighted by Gasteiger charge is -2.15. The minimum absolute atomic E-state index is 1.04. The van der Waals surface area contributed by atoms with Crippen molar-refractivity contribution < 1.29 is 0 Å². The van der Waals surface area contributed by atoms with Gasteiger partial charge >= 0.3 is 0 Å². The van der Waals surface area contributed by atoms with Crippen LogP contribution >= 0.6 is 0 Å². The zero-order valence-corrected chi connectivity index (χ0v) is 13.9. The summed E-state index contributed by atoms with van der Waals surface area (Å²) in [6.07, 6.45) is 5.14. The Morgan fingerprint density at radius 2 is 1.52 bits per heavy atom. The molecule has 1 nitrogen and oxygen atoms in total. The summed E-state index contributed by atoms with van der Waals surface area (Å²) in [6.45, 7) is 3.29. The third-order valence-electron chi connectivity index (χ3n) is 4.34. The molecule has 0 aliphatic rings. The molecule has 23 heavy (non-hydrogen) atoms. The minimum atomic E-state index is 1.04. The molecule has 0 unspecified atom stereocenters. The largest absolute Gasteiger partial charge is 0.385 e. The molecule has 0 bridgehead atoms. The lowest BCUT2D eigenvalue weighted by molar-refractivity contribution is 0.685. The molecule has 3 aromatic rings. The number of unbranched alkanes of at least 4 members (excludes halogenated alkanes) is 3. The van der Waals surface area contributed by atoms with Crippen molar-refractivity contribution in [2.45, 2.75) is 32.6 Å². The first-order valence-electron chi connectivity index (χ1n) is 8.71.